The Kier molecular flexibility index (Phi) is 6.93. The highest BCUT2D eigenvalue weighted by Gasteiger charge is 2.35. The maximum absolute atomic E-state index is 12.9. The normalized spacial score (nSPS) is 25.5. The lowest BCUT2D eigenvalue weighted by Gasteiger charge is -2.38. The van der Waals surface area contributed by atoms with E-state index in [1.54, 1.807) is 0 Å². The number of unbranched alkanes of at least 4 members (excludes halogenated alkanes) is 1. The van der Waals surface area contributed by atoms with Gasteiger partial charge < -0.3 is 0 Å². The van der Waals surface area contributed by atoms with Gasteiger partial charge in [0.2, 0.25) is 0 Å². The van der Waals surface area contributed by atoms with Crippen molar-refractivity contribution < 1.29 is 4.79 Å². The summed E-state index contributed by atoms with van der Waals surface area (Å²) in [5.41, 5.74) is 1.41. The SMILES string of the molecule is O=C(CCCCc1ccccc1)C1CCCCC1C1CCCCC1. The first kappa shape index (κ1) is 17.7. The van der Waals surface area contributed by atoms with Crippen LogP contribution in [0.15, 0.2) is 30.3 Å². The lowest BCUT2D eigenvalue weighted by molar-refractivity contribution is -0.126. The molecule has 0 aliphatic heterocycles. The zero-order chi connectivity index (χ0) is 16.6. The summed E-state index contributed by atoms with van der Waals surface area (Å²) >= 11 is 0. The molecular weight excluding hydrogens is 292 g/mol. The van der Waals surface area contributed by atoms with Crippen molar-refractivity contribution in [1.29, 1.82) is 0 Å². The third-order valence-electron chi connectivity index (χ3n) is 6.47. The minimum Gasteiger partial charge on any atom is -0.299 e. The van der Waals surface area contributed by atoms with Crippen LogP contribution in [-0.2, 0) is 11.2 Å². The van der Waals surface area contributed by atoms with E-state index in [4.69, 9.17) is 0 Å². The molecule has 0 heterocycles. The minimum absolute atomic E-state index is 0.401. The molecule has 2 aliphatic carbocycles. The van der Waals surface area contributed by atoms with E-state index in [1.807, 2.05) is 0 Å². The number of hydrogen-bond acceptors (Lipinski definition) is 1. The molecule has 0 amide bonds. The molecule has 1 heteroatoms. The van der Waals surface area contributed by atoms with Crippen LogP contribution in [-0.4, -0.2) is 5.78 Å². The third kappa shape index (κ3) is 4.94. The van der Waals surface area contributed by atoms with E-state index in [-0.39, 0.29) is 0 Å². The fourth-order valence-corrected chi connectivity index (χ4v) is 5.14. The number of benzene rings is 1. The van der Waals surface area contributed by atoms with Crippen LogP contribution < -0.4 is 0 Å². The molecule has 2 atom stereocenters. The van der Waals surface area contributed by atoms with Gasteiger partial charge >= 0.3 is 0 Å². The van der Waals surface area contributed by atoms with Crippen LogP contribution in [0, 0.1) is 17.8 Å². The summed E-state index contributed by atoms with van der Waals surface area (Å²) in [6.45, 7) is 0. The van der Waals surface area contributed by atoms with E-state index < -0.39 is 0 Å². The van der Waals surface area contributed by atoms with Crippen molar-refractivity contribution in [3.63, 3.8) is 0 Å². The lowest BCUT2D eigenvalue weighted by atomic mass is 9.66. The second-order valence-electron chi connectivity index (χ2n) is 8.11. The summed E-state index contributed by atoms with van der Waals surface area (Å²) in [4.78, 5) is 12.9. The monoisotopic (exact) mass is 326 g/mol. The van der Waals surface area contributed by atoms with Crippen molar-refractivity contribution >= 4 is 5.78 Å². The van der Waals surface area contributed by atoms with Crippen molar-refractivity contribution in [2.24, 2.45) is 17.8 Å². The lowest BCUT2D eigenvalue weighted by Crippen LogP contribution is -2.33. The van der Waals surface area contributed by atoms with Gasteiger partial charge in [-0.2, -0.15) is 0 Å². The Morgan fingerprint density at radius 2 is 1.54 bits per heavy atom. The molecule has 2 aliphatic rings. The van der Waals surface area contributed by atoms with Crippen LogP contribution in [0.4, 0.5) is 0 Å². The van der Waals surface area contributed by atoms with E-state index in [0.29, 0.717) is 11.7 Å². The van der Waals surface area contributed by atoms with Gasteiger partial charge in [-0.25, -0.2) is 0 Å². The fraction of sp³-hybridized carbons (Fsp3) is 0.696. The number of rotatable bonds is 7. The van der Waals surface area contributed by atoms with Gasteiger partial charge in [-0.1, -0.05) is 75.3 Å². The van der Waals surface area contributed by atoms with E-state index in [2.05, 4.69) is 30.3 Å². The van der Waals surface area contributed by atoms with Crippen molar-refractivity contribution in [2.45, 2.75) is 83.5 Å². The summed E-state index contributed by atoms with van der Waals surface area (Å²) in [5, 5.41) is 0. The number of Topliss-reactive ketones (excluding diaryl/α,β-unsaturated/α-hetero) is 1. The highest BCUT2D eigenvalue weighted by atomic mass is 16.1. The zero-order valence-electron chi connectivity index (χ0n) is 15.2. The first-order valence-electron chi connectivity index (χ1n) is 10.4. The highest BCUT2D eigenvalue weighted by molar-refractivity contribution is 5.81. The Labute approximate surface area is 148 Å². The number of carbonyl (C=O) groups is 1. The Hall–Kier alpha value is -1.11. The van der Waals surface area contributed by atoms with Gasteiger partial charge in [-0.3, -0.25) is 4.79 Å². The predicted molar refractivity (Wildman–Crippen MR) is 101 cm³/mol. The summed E-state index contributed by atoms with van der Waals surface area (Å²) in [6, 6.07) is 10.7. The van der Waals surface area contributed by atoms with Crippen LogP contribution in [0.2, 0.25) is 0 Å². The maximum Gasteiger partial charge on any atom is 0.136 e. The molecule has 2 unspecified atom stereocenters. The fourth-order valence-electron chi connectivity index (χ4n) is 5.14. The number of hydrogen-bond donors (Lipinski definition) is 0. The molecule has 1 nitrogen and oxygen atoms in total. The van der Waals surface area contributed by atoms with Crippen molar-refractivity contribution in [2.75, 3.05) is 0 Å². The molecule has 24 heavy (non-hydrogen) atoms. The standard InChI is InChI=1S/C23H34O/c24-23(18-10-7-13-19-11-3-1-4-12-19)22-17-9-8-16-21(22)20-14-5-2-6-15-20/h1,3-4,11-12,20-22H,2,5-10,13-18H2. The Bertz CT molecular complexity index is 486. The molecule has 3 rings (SSSR count). The molecule has 0 bridgehead atoms. The molecular formula is C23H34O. The number of carbonyl (C=O) groups excluding carboxylic acids is 1. The molecule has 0 N–H and O–H groups in total. The number of ketones is 1. The van der Waals surface area contributed by atoms with Gasteiger partial charge in [0.1, 0.15) is 5.78 Å². The zero-order valence-corrected chi connectivity index (χ0v) is 15.2. The number of aryl methyl sites for hydroxylation is 1. The molecule has 1 aromatic rings. The molecule has 2 saturated carbocycles. The Morgan fingerprint density at radius 1 is 0.833 bits per heavy atom. The second-order valence-corrected chi connectivity index (χ2v) is 8.11. The Morgan fingerprint density at radius 3 is 2.33 bits per heavy atom. The van der Waals surface area contributed by atoms with E-state index in [0.717, 1.165) is 37.5 Å². The smallest absolute Gasteiger partial charge is 0.136 e. The van der Waals surface area contributed by atoms with Gasteiger partial charge in [-0.05, 0) is 49.5 Å². The van der Waals surface area contributed by atoms with Crippen LogP contribution in [0.5, 0.6) is 0 Å². The molecule has 0 spiro atoms. The molecule has 2 fully saturated rings. The van der Waals surface area contributed by atoms with Crippen LogP contribution in [0.25, 0.3) is 0 Å². The average Bonchev–Trinajstić information content (AvgIpc) is 2.66. The maximum atomic E-state index is 12.9. The molecule has 0 saturated heterocycles. The van der Waals surface area contributed by atoms with Gasteiger partial charge in [0, 0.05) is 12.3 Å². The van der Waals surface area contributed by atoms with Gasteiger partial charge in [0.15, 0.2) is 0 Å². The Balaban J connectivity index is 1.45. The van der Waals surface area contributed by atoms with Gasteiger partial charge in [0.05, 0.1) is 0 Å². The third-order valence-corrected chi connectivity index (χ3v) is 6.47. The quantitative estimate of drug-likeness (QED) is 0.533. The van der Waals surface area contributed by atoms with E-state index in [9.17, 15) is 4.79 Å². The van der Waals surface area contributed by atoms with Crippen molar-refractivity contribution in [1.82, 2.24) is 0 Å². The summed E-state index contributed by atoms with van der Waals surface area (Å²) in [6.07, 6.45) is 16.3. The molecule has 0 aromatic heterocycles. The predicted octanol–water partition coefficient (Wildman–Crippen LogP) is 6.36. The van der Waals surface area contributed by atoms with Crippen molar-refractivity contribution in [3.05, 3.63) is 35.9 Å². The van der Waals surface area contributed by atoms with Crippen LogP contribution in [0.1, 0.15) is 82.6 Å². The summed E-state index contributed by atoms with van der Waals surface area (Å²) < 4.78 is 0. The molecule has 1 aromatic carbocycles. The molecule has 132 valence electrons. The topological polar surface area (TPSA) is 17.1 Å². The minimum atomic E-state index is 0.401. The highest BCUT2D eigenvalue weighted by Crippen LogP contribution is 2.42. The average molecular weight is 327 g/mol. The van der Waals surface area contributed by atoms with Crippen molar-refractivity contribution in [3.8, 4) is 0 Å². The molecule has 0 radical (unpaired) electrons. The first-order chi connectivity index (χ1) is 11.8. The summed E-state index contributed by atoms with van der Waals surface area (Å²) in [7, 11) is 0. The first-order valence-corrected chi connectivity index (χ1v) is 10.4. The van der Waals surface area contributed by atoms with E-state index in [1.165, 1.54) is 63.4 Å². The van der Waals surface area contributed by atoms with Crippen LogP contribution >= 0.6 is 0 Å². The summed E-state index contributed by atoms with van der Waals surface area (Å²) in [5.74, 6) is 2.58. The van der Waals surface area contributed by atoms with Gasteiger partial charge in [-0.15, -0.1) is 0 Å². The van der Waals surface area contributed by atoms with Crippen LogP contribution in [0.3, 0.4) is 0 Å². The largest absolute Gasteiger partial charge is 0.299 e. The second kappa shape index (κ2) is 9.39. The van der Waals surface area contributed by atoms with Gasteiger partial charge in [0.25, 0.3) is 0 Å². The van der Waals surface area contributed by atoms with E-state index >= 15 is 0 Å².